The lowest BCUT2D eigenvalue weighted by atomic mass is 9.84. The molecule has 0 saturated heterocycles. The largest absolute Gasteiger partial charge is 0.371 e. The lowest BCUT2D eigenvalue weighted by molar-refractivity contribution is 0.282. The zero-order chi connectivity index (χ0) is 15.6. The molecule has 1 atom stereocenters. The Hall–Kier alpha value is -1.02. The fraction of sp³-hybridized carbons (Fsp3) is 0.684. The molecule has 1 unspecified atom stereocenters. The summed E-state index contributed by atoms with van der Waals surface area (Å²) in [6, 6.07) is 10.9. The van der Waals surface area contributed by atoms with Gasteiger partial charge in [-0.2, -0.15) is 0 Å². The predicted octanol–water partition coefficient (Wildman–Crippen LogP) is 4.71. The van der Waals surface area contributed by atoms with Crippen LogP contribution in [0.5, 0.6) is 0 Å². The first-order valence-corrected chi connectivity index (χ1v) is 8.66. The van der Waals surface area contributed by atoms with E-state index >= 15 is 0 Å². The van der Waals surface area contributed by atoms with Gasteiger partial charge in [0.25, 0.3) is 0 Å². The van der Waals surface area contributed by atoms with E-state index in [-0.39, 0.29) is 0 Å². The van der Waals surface area contributed by atoms with E-state index in [1.165, 1.54) is 31.4 Å². The third-order valence-corrected chi connectivity index (χ3v) is 4.13. The lowest BCUT2D eigenvalue weighted by Crippen LogP contribution is -2.43. The van der Waals surface area contributed by atoms with Gasteiger partial charge in [-0.15, -0.1) is 0 Å². The summed E-state index contributed by atoms with van der Waals surface area (Å²) in [7, 11) is 0. The summed E-state index contributed by atoms with van der Waals surface area (Å²) in [4.78, 5) is 2.58. The molecular formula is C19H34N2. The van der Waals surface area contributed by atoms with Crippen LogP contribution >= 0.6 is 0 Å². The first-order chi connectivity index (χ1) is 10.1. The average Bonchev–Trinajstić information content (AvgIpc) is 2.51. The topological polar surface area (TPSA) is 15.3 Å². The van der Waals surface area contributed by atoms with Crippen molar-refractivity contribution in [3.63, 3.8) is 0 Å². The van der Waals surface area contributed by atoms with Crippen molar-refractivity contribution in [1.29, 1.82) is 0 Å². The van der Waals surface area contributed by atoms with Gasteiger partial charge < -0.3 is 10.2 Å². The minimum Gasteiger partial charge on any atom is -0.371 e. The highest BCUT2D eigenvalue weighted by Crippen LogP contribution is 2.27. The number of anilines is 1. The van der Waals surface area contributed by atoms with Gasteiger partial charge in [0.1, 0.15) is 0 Å². The monoisotopic (exact) mass is 290 g/mol. The summed E-state index contributed by atoms with van der Waals surface area (Å²) < 4.78 is 0. The maximum absolute atomic E-state index is 3.56. The van der Waals surface area contributed by atoms with Crippen LogP contribution in [0.15, 0.2) is 30.3 Å². The number of hydrogen-bond acceptors (Lipinski definition) is 2. The van der Waals surface area contributed by atoms with Crippen LogP contribution in [-0.4, -0.2) is 26.2 Å². The molecule has 0 spiro atoms. The molecule has 2 heteroatoms. The fourth-order valence-electron chi connectivity index (χ4n) is 3.00. The third-order valence-electron chi connectivity index (χ3n) is 4.13. The normalized spacial score (nSPS) is 13.9. The van der Waals surface area contributed by atoms with Gasteiger partial charge in [0.15, 0.2) is 0 Å². The molecule has 0 aliphatic heterocycles. The van der Waals surface area contributed by atoms with Gasteiger partial charge >= 0.3 is 0 Å². The molecule has 1 N–H and O–H groups in total. The number of unbranched alkanes of at least 4 members (excludes halogenated alkanes) is 1. The molecule has 1 aromatic rings. The first kappa shape index (κ1) is 18.0. The molecule has 1 aromatic carbocycles. The molecule has 2 nitrogen and oxygen atoms in total. The minimum absolute atomic E-state index is 0.342. The number of nitrogens with one attached hydrogen (secondary N) is 1. The van der Waals surface area contributed by atoms with E-state index in [9.17, 15) is 0 Å². The second kappa shape index (κ2) is 9.83. The van der Waals surface area contributed by atoms with Gasteiger partial charge in [-0.3, -0.25) is 0 Å². The summed E-state index contributed by atoms with van der Waals surface area (Å²) in [5, 5.41) is 3.56. The van der Waals surface area contributed by atoms with E-state index in [1.54, 1.807) is 0 Å². The van der Waals surface area contributed by atoms with Gasteiger partial charge in [-0.05, 0) is 36.9 Å². The number of rotatable bonds is 11. The summed E-state index contributed by atoms with van der Waals surface area (Å²) in [6.45, 7) is 13.6. The van der Waals surface area contributed by atoms with Crippen LogP contribution in [0.3, 0.4) is 0 Å². The lowest BCUT2D eigenvalue weighted by Gasteiger charge is -2.37. The molecule has 0 saturated carbocycles. The maximum Gasteiger partial charge on any atom is 0.0366 e. The van der Waals surface area contributed by atoms with Gasteiger partial charge in [0, 0.05) is 25.3 Å². The molecular weight excluding hydrogens is 256 g/mol. The van der Waals surface area contributed by atoms with Crippen LogP contribution in [0, 0.1) is 5.41 Å². The Balaban J connectivity index is 2.81. The Labute approximate surface area is 131 Å². The van der Waals surface area contributed by atoms with Crippen LogP contribution < -0.4 is 10.2 Å². The van der Waals surface area contributed by atoms with E-state index in [0.29, 0.717) is 5.41 Å². The molecule has 21 heavy (non-hydrogen) atoms. The van der Waals surface area contributed by atoms with Crippen molar-refractivity contribution in [3.05, 3.63) is 30.3 Å². The zero-order valence-electron chi connectivity index (χ0n) is 14.5. The van der Waals surface area contributed by atoms with Crippen molar-refractivity contribution in [2.24, 2.45) is 5.41 Å². The van der Waals surface area contributed by atoms with E-state index in [4.69, 9.17) is 0 Å². The Morgan fingerprint density at radius 3 is 2.33 bits per heavy atom. The van der Waals surface area contributed by atoms with Crippen LogP contribution in [0.4, 0.5) is 5.69 Å². The Morgan fingerprint density at radius 1 is 1.05 bits per heavy atom. The van der Waals surface area contributed by atoms with Gasteiger partial charge in [-0.1, -0.05) is 58.7 Å². The SMILES string of the molecule is CCCCN(CC(C)(CCC)CNCC)c1ccccc1. The summed E-state index contributed by atoms with van der Waals surface area (Å²) in [6.07, 6.45) is 5.03. The van der Waals surface area contributed by atoms with Crippen molar-refractivity contribution in [2.45, 2.75) is 53.4 Å². The Kier molecular flexibility index (Phi) is 8.44. The standard InChI is InChI=1S/C19H34N2/c1-5-8-15-21(18-12-10-9-11-13-18)17-19(4,14-6-2)16-20-7-3/h9-13,20H,5-8,14-17H2,1-4H3. The van der Waals surface area contributed by atoms with Gasteiger partial charge in [0.05, 0.1) is 0 Å². The quantitative estimate of drug-likeness (QED) is 0.635. The molecule has 0 aliphatic carbocycles. The van der Waals surface area contributed by atoms with Crippen LogP contribution in [0.25, 0.3) is 0 Å². The van der Waals surface area contributed by atoms with Crippen LogP contribution in [0.2, 0.25) is 0 Å². The molecule has 0 aliphatic rings. The van der Waals surface area contributed by atoms with Crippen LogP contribution in [-0.2, 0) is 0 Å². The van der Waals surface area contributed by atoms with E-state index in [1.807, 2.05) is 0 Å². The molecule has 0 heterocycles. The highest BCUT2D eigenvalue weighted by molar-refractivity contribution is 5.46. The number of nitrogens with zero attached hydrogens (tertiary/aromatic N) is 1. The van der Waals surface area contributed by atoms with Crippen molar-refractivity contribution in [2.75, 3.05) is 31.1 Å². The second-order valence-electron chi connectivity index (χ2n) is 6.45. The first-order valence-electron chi connectivity index (χ1n) is 8.66. The average molecular weight is 290 g/mol. The molecule has 0 bridgehead atoms. The van der Waals surface area contributed by atoms with E-state index in [2.05, 4.69) is 68.2 Å². The fourth-order valence-corrected chi connectivity index (χ4v) is 3.00. The molecule has 0 fully saturated rings. The number of para-hydroxylation sites is 1. The smallest absolute Gasteiger partial charge is 0.0366 e. The van der Waals surface area contributed by atoms with E-state index < -0.39 is 0 Å². The van der Waals surface area contributed by atoms with E-state index in [0.717, 1.165) is 26.2 Å². The van der Waals surface area contributed by atoms with Gasteiger partial charge in [0.2, 0.25) is 0 Å². The molecule has 0 radical (unpaired) electrons. The molecule has 0 amide bonds. The van der Waals surface area contributed by atoms with Gasteiger partial charge in [-0.25, -0.2) is 0 Å². The van der Waals surface area contributed by atoms with Crippen molar-refractivity contribution < 1.29 is 0 Å². The number of benzene rings is 1. The molecule has 120 valence electrons. The predicted molar refractivity (Wildman–Crippen MR) is 95.1 cm³/mol. The maximum atomic E-state index is 3.56. The second-order valence-corrected chi connectivity index (χ2v) is 6.45. The summed E-state index contributed by atoms with van der Waals surface area (Å²) in [5.41, 5.74) is 1.71. The number of hydrogen-bond donors (Lipinski definition) is 1. The Morgan fingerprint density at radius 2 is 1.76 bits per heavy atom. The zero-order valence-corrected chi connectivity index (χ0v) is 14.5. The third kappa shape index (κ3) is 6.52. The van der Waals surface area contributed by atoms with Crippen molar-refractivity contribution >= 4 is 5.69 Å². The highest BCUT2D eigenvalue weighted by atomic mass is 15.1. The van der Waals surface area contributed by atoms with Crippen molar-refractivity contribution in [1.82, 2.24) is 5.32 Å². The Bertz CT molecular complexity index is 363. The molecule has 0 aromatic heterocycles. The summed E-state index contributed by atoms with van der Waals surface area (Å²) >= 11 is 0. The van der Waals surface area contributed by atoms with Crippen molar-refractivity contribution in [3.8, 4) is 0 Å². The van der Waals surface area contributed by atoms with Crippen LogP contribution in [0.1, 0.15) is 53.4 Å². The highest BCUT2D eigenvalue weighted by Gasteiger charge is 2.26. The molecule has 1 rings (SSSR count). The summed E-state index contributed by atoms with van der Waals surface area (Å²) in [5.74, 6) is 0. The minimum atomic E-state index is 0.342.